The predicted molar refractivity (Wildman–Crippen MR) is 204 cm³/mol. The van der Waals surface area contributed by atoms with Gasteiger partial charge in [0.2, 0.25) is 14.1 Å². The van der Waals surface area contributed by atoms with E-state index in [9.17, 15) is 39.6 Å². The average Bonchev–Trinajstić information content (AvgIpc) is 3.12. The number of rotatable bonds is 9. The van der Waals surface area contributed by atoms with Crippen LogP contribution in [0.3, 0.4) is 0 Å². The highest BCUT2D eigenvalue weighted by atomic mass is 28.4. The van der Waals surface area contributed by atoms with Gasteiger partial charge in [-0.2, -0.15) is 0 Å². The maximum Gasteiger partial charge on any atom is 0.407 e. The fourth-order valence-corrected chi connectivity index (χ4v) is 8.31. The minimum atomic E-state index is -2.21. The third-order valence-corrected chi connectivity index (χ3v) is 15.9. The number of para-hydroxylation sites is 1. The van der Waals surface area contributed by atoms with Gasteiger partial charge in [-0.25, -0.2) is 4.79 Å². The quantitative estimate of drug-likeness (QED) is 0.107. The van der Waals surface area contributed by atoms with E-state index in [0.717, 1.165) is 6.92 Å². The number of methoxy groups -OCH3 is 1. The summed E-state index contributed by atoms with van der Waals surface area (Å²) >= 11 is 0. The van der Waals surface area contributed by atoms with E-state index >= 15 is 0 Å². The van der Waals surface area contributed by atoms with Gasteiger partial charge in [0.25, 0.3) is 0 Å². The number of nitrogens with one attached hydrogen (secondary N) is 1. The van der Waals surface area contributed by atoms with Crippen molar-refractivity contribution in [1.82, 2.24) is 5.32 Å². The number of carbonyl (C=O) groups is 4. The number of fused-ring (bicyclic) bond motifs is 3. The molecule has 1 saturated heterocycles. The maximum absolute atomic E-state index is 14.0. The number of phenolic OH excluding ortho intramolecular Hbond substituents is 2. The summed E-state index contributed by atoms with van der Waals surface area (Å²) in [7, 11) is -0.878. The molecule has 3 aliphatic rings. The lowest BCUT2D eigenvalue weighted by molar-refractivity contribution is -0.249. The highest BCUT2D eigenvalue weighted by molar-refractivity contribution is 6.74. The number of hydrogen-bond acceptors (Lipinski definition) is 13. The molecular formula is C41H49NO13Si. The molecule has 0 radical (unpaired) electrons. The van der Waals surface area contributed by atoms with E-state index in [-0.39, 0.29) is 46.1 Å². The fraction of sp³-hybridized carbons (Fsp3) is 0.463. The summed E-state index contributed by atoms with van der Waals surface area (Å²) in [4.78, 5) is 53.7. The van der Waals surface area contributed by atoms with E-state index in [1.54, 1.807) is 13.0 Å². The van der Waals surface area contributed by atoms with E-state index < -0.39 is 103 Å². The molecule has 3 aromatic rings. The maximum atomic E-state index is 14.0. The number of hydrogen-bond donors (Lipinski definition) is 5. The molecule has 4 unspecified atom stereocenters. The van der Waals surface area contributed by atoms with E-state index in [1.807, 2.05) is 18.2 Å². The highest BCUT2D eigenvalue weighted by Gasteiger charge is 2.50. The van der Waals surface area contributed by atoms with Crippen LogP contribution in [0.5, 0.6) is 23.0 Å². The smallest absolute Gasteiger partial charge is 0.407 e. The van der Waals surface area contributed by atoms with Gasteiger partial charge in [0, 0.05) is 41.5 Å². The number of phenols is 2. The largest absolute Gasteiger partial charge is 0.543 e. The van der Waals surface area contributed by atoms with Crippen LogP contribution in [0, 0.1) is 0 Å². The van der Waals surface area contributed by atoms with E-state index in [1.165, 1.54) is 25.3 Å². The molecule has 6 atom stereocenters. The molecular weight excluding hydrogens is 743 g/mol. The summed E-state index contributed by atoms with van der Waals surface area (Å²) < 4.78 is 29.7. The number of amides is 1. The number of aromatic hydroxyl groups is 2. The minimum absolute atomic E-state index is 0.0501. The fourth-order valence-electron chi connectivity index (χ4n) is 7.25. The van der Waals surface area contributed by atoms with Crippen molar-refractivity contribution >= 4 is 31.8 Å². The summed E-state index contributed by atoms with van der Waals surface area (Å²) in [6.45, 7) is 13.2. The number of alkyl carbamates (subject to hydrolysis) is 1. The molecule has 0 bridgehead atoms. The third-order valence-electron chi connectivity index (χ3n) is 11.6. The van der Waals surface area contributed by atoms with Gasteiger partial charge >= 0.3 is 6.09 Å². The van der Waals surface area contributed by atoms with Crippen molar-refractivity contribution in [2.24, 2.45) is 0 Å². The van der Waals surface area contributed by atoms with Crippen molar-refractivity contribution in [1.29, 1.82) is 0 Å². The summed E-state index contributed by atoms with van der Waals surface area (Å²) in [5, 5.41) is 48.6. The van der Waals surface area contributed by atoms with Crippen molar-refractivity contribution in [3.63, 3.8) is 0 Å². The summed E-state index contributed by atoms with van der Waals surface area (Å²) in [5.74, 6) is -2.86. The van der Waals surface area contributed by atoms with Gasteiger partial charge in [-0.1, -0.05) is 51.1 Å². The Kier molecular flexibility index (Phi) is 10.9. The molecule has 1 amide bonds. The van der Waals surface area contributed by atoms with Crippen LogP contribution in [0.25, 0.3) is 0 Å². The van der Waals surface area contributed by atoms with Crippen LogP contribution in [-0.4, -0.2) is 89.4 Å². The van der Waals surface area contributed by atoms with Crippen LogP contribution in [-0.2, 0) is 32.0 Å². The van der Waals surface area contributed by atoms with Crippen LogP contribution < -0.4 is 14.5 Å². The van der Waals surface area contributed by atoms with E-state index in [2.05, 4.69) is 39.2 Å². The van der Waals surface area contributed by atoms with Crippen molar-refractivity contribution in [3.8, 4) is 23.0 Å². The van der Waals surface area contributed by atoms with Gasteiger partial charge in [0.05, 0.1) is 42.0 Å². The van der Waals surface area contributed by atoms with Crippen molar-refractivity contribution in [3.05, 3.63) is 81.4 Å². The Morgan fingerprint density at radius 2 is 1.64 bits per heavy atom. The van der Waals surface area contributed by atoms with E-state index in [4.69, 9.17) is 23.4 Å². The zero-order chi connectivity index (χ0) is 41.1. The number of aliphatic hydroxyl groups excluding tert-OH is 1. The Morgan fingerprint density at radius 3 is 2.30 bits per heavy atom. The van der Waals surface area contributed by atoms with Crippen LogP contribution >= 0.6 is 0 Å². The topological polar surface area (TPSA) is 207 Å². The molecule has 14 nitrogen and oxygen atoms in total. The van der Waals surface area contributed by atoms with Crippen LogP contribution in [0.1, 0.15) is 102 Å². The first-order valence-electron chi connectivity index (χ1n) is 18.5. The summed E-state index contributed by atoms with van der Waals surface area (Å²) in [6, 6.07) is 10.7. The Morgan fingerprint density at radius 1 is 0.982 bits per heavy atom. The molecule has 56 heavy (non-hydrogen) atoms. The minimum Gasteiger partial charge on any atom is -0.543 e. The average molecular weight is 792 g/mol. The zero-order valence-corrected chi connectivity index (χ0v) is 33.7. The Labute approximate surface area is 325 Å². The molecule has 6 rings (SSSR count). The van der Waals surface area contributed by atoms with Gasteiger partial charge in [-0.15, -0.1) is 0 Å². The first-order valence-corrected chi connectivity index (χ1v) is 21.4. The molecule has 0 spiro atoms. The SMILES string of the molecule is COc1cccc2c1C(=O)c1c(O)c3c(c(O)c1C2=O)C[C@@](O)(C(C)=O)C[C@@H]3OC1CC(NC(=O)OCc2ccccc2O[Si](C)(C)C(C)(C)C)C(O)C(C)O1. The number of aliphatic hydroxyl groups is 2. The Bertz CT molecular complexity index is 2090. The number of Topliss-reactive ketones (excluding diaryl/α,β-unsaturated/α-hetero) is 1. The standard InChI is InChI=1S/C41H49NO13Si/c1-20-34(44)25(42-39(49)52-19-22-12-9-10-14-26(22)55-56(7,8)40(3,4)5)16-29(53-20)54-28-18-41(50,21(2)43)17-24-31(28)38(48)33-32(36(24)46)35(45)23-13-11-15-27(51-6)30(23)37(33)47/h9-15,20,25,28-29,34,44,46,48,50H,16-19H2,1-8H3,(H,42,49)/t20?,25?,28-,29?,34?,41-/m0/s1. The summed E-state index contributed by atoms with van der Waals surface area (Å²) in [6.07, 6.45) is -6.56. The third kappa shape index (κ3) is 7.29. The van der Waals surface area contributed by atoms with Gasteiger partial charge < -0.3 is 49.1 Å². The number of ether oxygens (including phenoxy) is 4. The number of ketones is 3. The lowest BCUT2D eigenvalue weighted by atomic mass is 9.72. The summed E-state index contributed by atoms with van der Waals surface area (Å²) in [5.41, 5.74) is -2.80. The van der Waals surface area contributed by atoms with E-state index in [0.29, 0.717) is 11.3 Å². The molecule has 1 aliphatic heterocycles. The molecule has 5 N–H and O–H groups in total. The molecule has 0 saturated carbocycles. The zero-order valence-electron chi connectivity index (χ0n) is 32.7. The molecule has 300 valence electrons. The van der Waals surface area contributed by atoms with Crippen molar-refractivity contribution < 1.29 is 63.0 Å². The Balaban J connectivity index is 1.25. The highest BCUT2D eigenvalue weighted by Crippen LogP contribution is 2.52. The number of benzene rings is 3. The molecule has 1 heterocycles. The second kappa shape index (κ2) is 14.9. The van der Waals surface area contributed by atoms with Crippen LogP contribution in [0.2, 0.25) is 18.1 Å². The monoisotopic (exact) mass is 791 g/mol. The lowest BCUT2D eigenvalue weighted by Gasteiger charge is -2.42. The van der Waals surface area contributed by atoms with Gasteiger partial charge in [-0.05, 0) is 44.1 Å². The molecule has 15 heteroatoms. The first kappa shape index (κ1) is 40.8. The predicted octanol–water partition coefficient (Wildman–Crippen LogP) is 5.38. The normalized spacial score (nSPS) is 24.7. The Hall–Kier alpha value is -4.80. The second-order valence-corrected chi connectivity index (χ2v) is 21.0. The number of carbonyl (C=O) groups excluding carboxylic acids is 4. The molecule has 0 aromatic heterocycles. The van der Waals surface area contributed by atoms with Gasteiger partial charge in [0.1, 0.15) is 41.3 Å². The van der Waals surface area contributed by atoms with Crippen molar-refractivity contribution in [2.75, 3.05) is 7.11 Å². The molecule has 2 aliphatic carbocycles. The second-order valence-electron chi connectivity index (χ2n) is 16.3. The van der Waals surface area contributed by atoms with Gasteiger partial charge in [-0.3, -0.25) is 14.4 Å². The lowest BCUT2D eigenvalue weighted by Crippen LogP contribution is -2.55. The van der Waals surface area contributed by atoms with Crippen molar-refractivity contribution in [2.45, 2.75) is 115 Å². The van der Waals surface area contributed by atoms with Crippen LogP contribution in [0.4, 0.5) is 4.79 Å². The molecule has 3 aromatic carbocycles. The van der Waals surface area contributed by atoms with Gasteiger partial charge in [0.15, 0.2) is 17.9 Å². The van der Waals surface area contributed by atoms with Crippen LogP contribution in [0.15, 0.2) is 42.5 Å². The molecule has 1 fully saturated rings. The first-order chi connectivity index (χ1) is 26.2.